The molecule has 0 unspecified atom stereocenters. The van der Waals surface area contributed by atoms with E-state index in [0.29, 0.717) is 0 Å². The van der Waals surface area contributed by atoms with Gasteiger partial charge in [-0.05, 0) is 45.8 Å². The second-order valence-corrected chi connectivity index (χ2v) is 3.84. The van der Waals surface area contributed by atoms with Gasteiger partial charge in [0.05, 0.1) is 5.60 Å². The molecule has 0 heterocycles. The molecule has 0 saturated heterocycles. The fourth-order valence-electron chi connectivity index (χ4n) is 1.03. The fourth-order valence-corrected chi connectivity index (χ4v) is 1.03. The van der Waals surface area contributed by atoms with E-state index in [-0.39, 0.29) is 0 Å². The molecule has 1 nitrogen and oxygen atoms in total. The van der Waals surface area contributed by atoms with Gasteiger partial charge in [-0.1, -0.05) is 6.58 Å². The van der Waals surface area contributed by atoms with Crippen LogP contribution in [0.15, 0.2) is 29.0 Å². The molecule has 0 aromatic heterocycles. The minimum atomic E-state index is -0.844. The molecule has 0 aliphatic rings. The molecule has 12 heavy (non-hydrogen) atoms. The first-order chi connectivity index (χ1) is 5.25. The highest BCUT2D eigenvalue weighted by Gasteiger charge is 2.19. The lowest BCUT2D eigenvalue weighted by molar-refractivity contribution is 0.122. The summed E-state index contributed by atoms with van der Waals surface area (Å²) in [4.78, 5) is 0. The van der Waals surface area contributed by atoms with E-state index < -0.39 is 5.60 Å². The van der Waals surface area contributed by atoms with Gasteiger partial charge in [-0.2, -0.15) is 0 Å². The van der Waals surface area contributed by atoms with Crippen molar-refractivity contribution in [3.63, 3.8) is 0 Å². The van der Waals surface area contributed by atoms with Crippen LogP contribution in [0.2, 0.25) is 0 Å². The van der Waals surface area contributed by atoms with Crippen LogP contribution in [0.25, 0.3) is 0 Å². The Morgan fingerprint density at radius 1 is 1.25 bits per heavy atom. The van der Waals surface area contributed by atoms with Crippen LogP contribution < -0.4 is 0 Å². The minimum absolute atomic E-state index is 0.780. The molecular weight excluding hydrogens is 148 g/mol. The highest BCUT2D eigenvalue weighted by Crippen LogP contribution is 2.21. The summed E-state index contributed by atoms with van der Waals surface area (Å²) in [6, 6.07) is 0. The van der Waals surface area contributed by atoms with Crippen LogP contribution in [0.4, 0.5) is 0 Å². The molecule has 68 valence electrons. The van der Waals surface area contributed by atoms with E-state index in [1.807, 2.05) is 20.8 Å². The van der Waals surface area contributed by atoms with Crippen molar-refractivity contribution < 1.29 is 5.11 Å². The standard InChI is InChI=1S/C11H18O/c1-8(2)7-10(9(3)4)11(5,6)12/h12H,3H2,1-2,4-6H3. The topological polar surface area (TPSA) is 20.2 Å². The molecule has 0 spiro atoms. The Labute approximate surface area is 75.1 Å². The molecule has 1 heteroatoms. The van der Waals surface area contributed by atoms with Gasteiger partial charge in [-0.15, -0.1) is 5.73 Å². The molecule has 0 atom stereocenters. The van der Waals surface area contributed by atoms with E-state index in [1.54, 1.807) is 13.8 Å². The zero-order chi connectivity index (χ0) is 9.94. The fraction of sp³-hybridized carbons (Fsp3) is 0.545. The van der Waals surface area contributed by atoms with Gasteiger partial charge in [-0.25, -0.2) is 0 Å². The first-order valence-corrected chi connectivity index (χ1v) is 4.08. The average molecular weight is 166 g/mol. The van der Waals surface area contributed by atoms with E-state index in [9.17, 15) is 5.11 Å². The van der Waals surface area contributed by atoms with Crippen LogP contribution in [0.5, 0.6) is 0 Å². The molecule has 0 amide bonds. The monoisotopic (exact) mass is 166 g/mol. The molecule has 0 rings (SSSR count). The van der Waals surface area contributed by atoms with E-state index in [1.165, 1.54) is 0 Å². The maximum atomic E-state index is 9.72. The van der Waals surface area contributed by atoms with Gasteiger partial charge in [-0.3, -0.25) is 0 Å². The van der Waals surface area contributed by atoms with Gasteiger partial charge in [0.25, 0.3) is 0 Å². The summed E-state index contributed by atoms with van der Waals surface area (Å²) in [6.45, 7) is 13.1. The van der Waals surface area contributed by atoms with Crippen LogP contribution in [-0.2, 0) is 0 Å². The molecule has 0 saturated carbocycles. The summed E-state index contributed by atoms with van der Waals surface area (Å²) >= 11 is 0. The third-order valence-electron chi connectivity index (χ3n) is 1.41. The van der Waals surface area contributed by atoms with Crippen LogP contribution in [0.3, 0.4) is 0 Å². The lowest BCUT2D eigenvalue weighted by atomic mass is 9.93. The van der Waals surface area contributed by atoms with Crippen molar-refractivity contribution in [3.8, 4) is 0 Å². The van der Waals surface area contributed by atoms with Crippen LogP contribution in [0, 0.1) is 0 Å². The van der Waals surface area contributed by atoms with Gasteiger partial charge in [0.15, 0.2) is 0 Å². The van der Waals surface area contributed by atoms with Crippen molar-refractivity contribution in [2.75, 3.05) is 0 Å². The van der Waals surface area contributed by atoms with Gasteiger partial charge in [0.2, 0.25) is 0 Å². The predicted octanol–water partition coefficient (Wildman–Crippen LogP) is 2.82. The molecule has 0 aromatic carbocycles. The van der Waals surface area contributed by atoms with Crippen molar-refractivity contribution in [2.24, 2.45) is 0 Å². The SMILES string of the molecule is C=C(C)C(=C=C(C)C)C(C)(C)O. The summed E-state index contributed by atoms with van der Waals surface area (Å²) in [7, 11) is 0. The Balaban J connectivity index is 5.24. The Morgan fingerprint density at radius 3 is 1.75 bits per heavy atom. The van der Waals surface area contributed by atoms with Crippen LogP contribution in [-0.4, -0.2) is 10.7 Å². The molecule has 0 radical (unpaired) electrons. The Bertz CT molecular complexity index is 241. The largest absolute Gasteiger partial charge is 0.385 e. The first-order valence-electron chi connectivity index (χ1n) is 4.08. The van der Waals surface area contributed by atoms with E-state index in [0.717, 1.165) is 16.7 Å². The highest BCUT2D eigenvalue weighted by molar-refractivity contribution is 5.33. The normalized spacial score (nSPS) is 10.5. The average Bonchev–Trinajstić information content (AvgIpc) is 1.79. The first kappa shape index (κ1) is 11.2. The second-order valence-electron chi connectivity index (χ2n) is 3.84. The third-order valence-corrected chi connectivity index (χ3v) is 1.41. The molecule has 0 aliphatic heterocycles. The number of hydrogen-bond donors (Lipinski definition) is 1. The maximum absolute atomic E-state index is 9.72. The molecule has 0 aliphatic carbocycles. The van der Waals surface area contributed by atoms with Gasteiger partial charge >= 0.3 is 0 Å². The van der Waals surface area contributed by atoms with E-state index in [2.05, 4.69) is 12.3 Å². The van der Waals surface area contributed by atoms with Crippen LogP contribution in [0.1, 0.15) is 34.6 Å². The van der Waals surface area contributed by atoms with Crippen molar-refractivity contribution >= 4 is 0 Å². The zero-order valence-electron chi connectivity index (χ0n) is 8.65. The Morgan fingerprint density at radius 2 is 1.67 bits per heavy atom. The zero-order valence-corrected chi connectivity index (χ0v) is 8.65. The summed E-state index contributed by atoms with van der Waals surface area (Å²) in [5, 5.41) is 9.72. The van der Waals surface area contributed by atoms with Crippen molar-refractivity contribution in [1.29, 1.82) is 0 Å². The number of aliphatic hydroxyl groups is 1. The summed E-state index contributed by atoms with van der Waals surface area (Å²) in [5.74, 6) is 0. The lowest BCUT2D eigenvalue weighted by Crippen LogP contribution is -2.21. The van der Waals surface area contributed by atoms with Crippen molar-refractivity contribution in [3.05, 3.63) is 29.0 Å². The van der Waals surface area contributed by atoms with E-state index >= 15 is 0 Å². The van der Waals surface area contributed by atoms with Gasteiger partial charge < -0.3 is 5.11 Å². The Hall–Kier alpha value is -0.780. The highest BCUT2D eigenvalue weighted by atomic mass is 16.3. The molecule has 1 N–H and O–H groups in total. The smallest absolute Gasteiger partial charge is 0.0914 e. The minimum Gasteiger partial charge on any atom is -0.385 e. The van der Waals surface area contributed by atoms with Gasteiger partial charge in [0.1, 0.15) is 0 Å². The van der Waals surface area contributed by atoms with Gasteiger partial charge in [0, 0.05) is 5.57 Å². The number of rotatable bonds is 2. The molecular formula is C11H18O. The van der Waals surface area contributed by atoms with Crippen LogP contribution >= 0.6 is 0 Å². The Kier molecular flexibility index (Phi) is 3.51. The second kappa shape index (κ2) is 3.75. The lowest BCUT2D eigenvalue weighted by Gasteiger charge is -2.19. The van der Waals surface area contributed by atoms with E-state index in [4.69, 9.17) is 0 Å². The van der Waals surface area contributed by atoms with Crippen molar-refractivity contribution in [2.45, 2.75) is 40.2 Å². The summed E-state index contributed by atoms with van der Waals surface area (Å²) < 4.78 is 0. The molecule has 0 bridgehead atoms. The third kappa shape index (κ3) is 3.56. The maximum Gasteiger partial charge on any atom is 0.0914 e. The summed E-state index contributed by atoms with van der Waals surface area (Å²) in [6.07, 6.45) is 0. The quantitative estimate of drug-likeness (QED) is 0.494. The molecule has 0 fully saturated rings. The predicted molar refractivity (Wildman–Crippen MR) is 53.0 cm³/mol. The summed E-state index contributed by atoms with van der Waals surface area (Å²) in [5.41, 5.74) is 4.95. The molecule has 0 aromatic rings. The number of hydrogen-bond acceptors (Lipinski definition) is 1. The van der Waals surface area contributed by atoms with Crippen molar-refractivity contribution in [1.82, 2.24) is 0 Å².